The Morgan fingerprint density at radius 1 is 1.00 bits per heavy atom. The predicted molar refractivity (Wildman–Crippen MR) is 105 cm³/mol. The van der Waals surface area contributed by atoms with E-state index in [9.17, 15) is 13.2 Å². The lowest BCUT2D eigenvalue weighted by Gasteiger charge is -2.24. The molecule has 0 aliphatic heterocycles. The molecule has 2 aromatic carbocycles. The maximum Gasteiger partial charge on any atom is 0.243 e. The fraction of sp³-hybridized carbons (Fsp3) is 0.350. The molecule has 0 saturated carbocycles. The van der Waals surface area contributed by atoms with Gasteiger partial charge in [0, 0.05) is 18.8 Å². The van der Waals surface area contributed by atoms with Gasteiger partial charge >= 0.3 is 0 Å². The zero-order valence-corrected chi connectivity index (χ0v) is 16.5. The summed E-state index contributed by atoms with van der Waals surface area (Å²) in [5, 5.41) is 2.85. The van der Waals surface area contributed by atoms with Crippen LogP contribution in [0.3, 0.4) is 0 Å². The van der Waals surface area contributed by atoms with Gasteiger partial charge in [-0.05, 0) is 37.6 Å². The minimum absolute atomic E-state index is 0.177. The summed E-state index contributed by atoms with van der Waals surface area (Å²) in [6, 6.07) is 15.9. The van der Waals surface area contributed by atoms with E-state index in [0.29, 0.717) is 18.8 Å². The van der Waals surface area contributed by atoms with Crippen LogP contribution in [0.2, 0.25) is 0 Å². The Morgan fingerprint density at radius 3 is 2.19 bits per heavy atom. The first-order valence-electron chi connectivity index (χ1n) is 8.70. The van der Waals surface area contributed by atoms with Crippen LogP contribution in [0, 0.1) is 0 Å². The van der Waals surface area contributed by atoms with Crippen molar-refractivity contribution in [1.29, 1.82) is 0 Å². The molecule has 0 heterocycles. The summed E-state index contributed by atoms with van der Waals surface area (Å²) in [4.78, 5) is 12.9. The van der Waals surface area contributed by atoms with Crippen LogP contribution < -0.4 is 5.32 Å². The second-order valence-corrected chi connectivity index (χ2v) is 8.50. The molecule has 0 radical (unpaired) electrons. The van der Waals surface area contributed by atoms with Gasteiger partial charge in [0.25, 0.3) is 0 Å². The van der Waals surface area contributed by atoms with Crippen LogP contribution in [0.4, 0.5) is 5.69 Å². The SMILES string of the molecule is CCN(CC)S(=O)(=O)c1cccc(NC(=O)C(C)(C)c2ccccc2)c1. The van der Waals surface area contributed by atoms with E-state index in [1.165, 1.54) is 10.4 Å². The fourth-order valence-corrected chi connectivity index (χ4v) is 4.22. The first kappa shape index (κ1) is 20.1. The maximum atomic E-state index is 12.8. The van der Waals surface area contributed by atoms with E-state index >= 15 is 0 Å². The van der Waals surface area contributed by atoms with Crippen molar-refractivity contribution < 1.29 is 13.2 Å². The molecule has 0 fully saturated rings. The third-order valence-corrected chi connectivity index (χ3v) is 6.54. The molecule has 0 aliphatic rings. The van der Waals surface area contributed by atoms with Crippen LogP contribution in [0.5, 0.6) is 0 Å². The zero-order valence-electron chi connectivity index (χ0n) is 15.7. The summed E-state index contributed by atoms with van der Waals surface area (Å²) in [7, 11) is -3.57. The van der Waals surface area contributed by atoms with Gasteiger partial charge in [-0.2, -0.15) is 4.31 Å². The number of nitrogens with zero attached hydrogens (tertiary/aromatic N) is 1. The number of carbonyl (C=O) groups excluding carboxylic acids is 1. The summed E-state index contributed by atoms with van der Waals surface area (Å²) >= 11 is 0. The highest BCUT2D eigenvalue weighted by atomic mass is 32.2. The Balaban J connectivity index is 2.28. The quantitative estimate of drug-likeness (QED) is 0.805. The molecule has 0 unspecified atom stereocenters. The summed E-state index contributed by atoms with van der Waals surface area (Å²) in [5.41, 5.74) is 0.617. The molecule has 1 N–H and O–H groups in total. The molecular formula is C20H26N2O3S. The summed E-state index contributed by atoms with van der Waals surface area (Å²) in [6.45, 7) is 8.08. The molecule has 5 nitrogen and oxygen atoms in total. The molecule has 140 valence electrons. The molecule has 0 aromatic heterocycles. The number of benzene rings is 2. The Kier molecular flexibility index (Phi) is 6.21. The number of amides is 1. The van der Waals surface area contributed by atoms with E-state index < -0.39 is 15.4 Å². The van der Waals surface area contributed by atoms with Crippen LogP contribution >= 0.6 is 0 Å². The smallest absolute Gasteiger partial charge is 0.243 e. The van der Waals surface area contributed by atoms with Crippen molar-refractivity contribution in [2.24, 2.45) is 0 Å². The standard InChI is InChI=1S/C20H26N2O3S/c1-5-22(6-2)26(24,25)18-14-10-13-17(15-18)21-19(23)20(3,4)16-11-8-7-9-12-16/h7-15H,5-6H2,1-4H3,(H,21,23). The van der Waals surface area contributed by atoms with Gasteiger partial charge in [0.15, 0.2) is 0 Å². The first-order valence-corrected chi connectivity index (χ1v) is 10.1. The molecule has 2 aromatic rings. The Morgan fingerprint density at radius 2 is 1.62 bits per heavy atom. The van der Waals surface area contributed by atoms with E-state index in [1.807, 2.05) is 44.2 Å². The van der Waals surface area contributed by atoms with Crippen molar-refractivity contribution in [3.63, 3.8) is 0 Å². The highest BCUT2D eigenvalue weighted by Gasteiger charge is 2.30. The molecule has 0 atom stereocenters. The van der Waals surface area contributed by atoms with E-state index in [0.717, 1.165) is 5.56 Å². The fourth-order valence-electron chi connectivity index (χ4n) is 2.72. The van der Waals surface area contributed by atoms with Crippen LogP contribution in [0.15, 0.2) is 59.5 Å². The lowest BCUT2D eigenvalue weighted by Crippen LogP contribution is -2.35. The third kappa shape index (κ3) is 4.14. The van der Waals surface area contributed by atoms with Crippen LogP contribution in [-0.2, 0) is 20.2 Å². The van der Waals surface area contributed by atoms with Crippen molar-refractivity contribution in [2.75, 3.05) is 18.4 Å². The Labute approximate surface area is 156 Å². The van der Waals surface area contributed by atoms with Crippen molar-refractivity contribution in [1.82, 2.24) is 4.31 Å². The molecule has 26 heavy (non-hydrogen) atoms. The van der Waals surface area contributed by atoms with Crippen molar-refractivity contribution in [2.45, 2.75) is 38.0 Å². The largest absolute Gasteiger partial charge is 0.325 e. The van der Waals surface area contributed by atoms with Crippen molar-refractivity contribution >= 4 is 21.6 Å². The van der Waals surface area contributed by atoms with Gasteiger partial charge in [0.2, 0.25) is 15.9 Å². The highest BCUT2D eigenvalue weighted by Crippen LogP contribution is 2.26. The van der Waals surface area contributed by atoms with Crippen LogP contribution in [-0.4, -0.2) is 31.7 Å². The van der Waals surface area contributed by atoms with Gasteiger partial charge in [-0.25, -0.2) is 8.42 Å². The summed E-state index contributed by atoms with van der Waals surface area (Å²) < 4.78 is 26.7. The first-order chi connectivity index (χ1) is 12.2. The number of rotatable bonds is 7. The molecule has 6 heteroatoms. The maximum absolute atomic E-state index is 12.8. The average molecular weight is 375 g/mol. The molecule has 0 saturated heterocycles. The molecule has 1 amide bonds. The molecular weight excluding hydrogens is 348 g/mol. The number of carbonyl (C=O) groups is 1. The van der Waals surface area contributed by atoms with Gasteiger partial charge in [-0.3, -0.25) is 4.79 Å². The van der Waals surface area contributed by atoms with Gasteiger partial charge in [0.05, 0.1) is 10.3 Å². The minimum atomic E-state index is -3.57. The Hall–Kier alpha value is -2.18. The monoisotopic (exact) mass is 374 g/mol. The Bertz CT molecular complexity index is 858. The third-order valence-electron chi connectivity index (χ3n) is 4.50. The molecule has 0 bridgehead atoms. The van der Waals surface area contributed by atoms with E-state index in [-0.39, 0.29) is 10.8 Å². The van der Waals surface area contributed by atoms with Crippen LogP contribution in [0.1, 0.15) is 33.3 Å². The van der Waals surface area contributed by atoms with Gasteiger partial charge in [0.1, 0.15) is 0 Å². The minimum Gasteiger partial charge on any atom is -0.325 e. The predicted octanol–water partition coefficient (Wildman–Crippen LogP) is 3.63. The lowest BCUT2D eigenvalue weighted by atomic mass is 9.83. The number of hydrogen-bond acceptors (Lipinski definition) is 3. The molecule has 0 aliphatic carbocycles. The van der Waals surface area contributed by atoms with Gasteiger partial charge < -0.3 is 5.32 Å². The molecule has 2 rings (SSSR count). The van der Waals surface area contributed by atoms with Gasteiger partial charge in [-0.15, -0.1) is 0 Å². The van der Waals surface area contributed by atoms with Crippen molar-refractivity contribution in [3.8, 4) is 0 Å². The second-order valence-electron chi connectivity index (χ2n) is 6.56. The number of anilines is 1. The topological polar surface area (TPSA) is 66.5 Å². The van der Waals surface area contributed by atoms with Crippen molar-refractivity contribution in [3.05, 3.63) is 60.2 Å². The lowest BCUT2D eigenvalue weighted by molar-refractivity contribution is -0.120. The average Bonchev–Trinajstić information content (AvgIpc) is 2.63. The van der Waals surface area contributed by atoms with Crippen LogP contribution in [0.25, 0.3) is 0 Å². The number of sulfonamides is 1. The number of nitrogens with one attached hydrogen (secondary N) is 1. The second kappa shape index (κ2) is 8.01. The number of hydrogen-bond donors (Lipinski definition) is 1. The van der Waals surface area contributed by atoms with E-state index in [4.69, 9.17) is 0 Å². The van der Waals surface area contributed by atoms with E-state index in [2.05, 4.69) is 5.32 Å². The summed E-state index contributed by atoms with van der Waals surface area (Å²) in [5.74, 6) is -0.193. The van der Waals surface area contributed by atoms with E-state index in [1.54, 1.807) is 32.0 Å². The van der Waals surface area contributed by atoms with Gasteiger partial charge in [-0.1, -0.05) is 50.2 Å². The zero-order chi connectivity index (χ0) is 19.4. The highest BCUT2D eigenvalue weighted by molar-refractivity contribution is 7.89. The molecule has 0 spiro atoms. The summed E-state index contributed by atoms with van der Waals surface area (Å²) in [6.07, 6.45) is 0. The normalized spacial score (nSPS) is 12.2.